The van der Waals surface area contributed by atoms with Crippen molar-refractivity contribution in [3.05, 3.63) is 198 Å². The lowest BCUT2D eigenvalue weighted by molar-refractivity contribution is 0.440. The lowest BCUT2D eigenvalue weighted by Crippen LogP contribution is -2.32. The van der Waals surface area contributed by atoms with Crippen molar-refractivity contribution < 1.29 is 4.74 Å². The van der Waals surface area contributed by atoms with Crippen LogP contribution in [0.4, 0.5) is 0 Å². The standard InChI is InChI=1S/C51H29N3OS/c1-2-16-31-30(14-1)15-13-21-35(31)45-49-46(37-20-6-12-27-44(37)56-49)53-50(52-45)54-42-25-10-5-19-34(42)36-28-29-41-48(47(36)54)55-43-26-11-9-24-40(43)51(41)38-22-7-3-17-32(38)33-18-4-8-23-39(33)51/h1-29H. The van der Waals surface area contributed by atoms with Crippen LogP contribution in [-0.2, 0) is 5.41 Å². The summed E-state index contributed by atoms with van der Waals surface area (Å²) in [5, 5.41) is 5.70. The van der Waals surface area contributed by atoms with Crippen LogP contribution in [0.1, 0.15) is 22.3 Å². The molecule has 13 rings (SSSR count). The molecule has 0 bridgehead atoms. The van der Waals surface area contributed by atoms with Gasteiger partial charge in [-0.3, -0.25) is 4.57 Å². The Morgan fingerprint density at radius 1 is 0.482 bits per heavy atom. The van der Waals surface area contributed by atoms with Crippen molar-refractivity contribution in [2.24, 2.45) is 0 Å². The second-order valence-corrected chi connectivity index (χ2v) is 15.9. The van der Waals surface area contributed by atoms with Gasteiger partial charge in [0, 0.05) is 37.5 Å². The minimum atomic E-state index is -0.588. The number of hydrogen-bond donors (Lipinski definition) is 0. The van der Waals surface area contributed by atoms with Crippen LogP contribution in [0, 0.1) is 0 Å². The molecule has 1 aliphatic heterocycles. The quantitative estimate of drug-likeness (QED) is 0.178. The summed E-state index contributed by atoms with van der Waals surface area (Å²) < 4.78 is 11.8. The fourth-order valence-corrected chi connectivity index (χ4v) is 11.0. The van der Waals surface area contributed by atoms with Crippen molar-refractivity contribution in [2.75, 3.05) is 0 Å². The summed E-state index contributed by atoms with van der Waals surface area (Å²) in [7, 11) is 0. The molecule has 0 unspecified atom stereocenters. The first-order valence-electron chi connectivity index (χ1n) is 19.0. The topological polar surface area (TPSA) is 39.9 Å². The zero-order valence-electron chi connectivity index (χ0n) is 29.9. The fourth-order valence-electron chi connectivity index (χ4n) is 9.86. The molecule has 8 aromatic carbocycles. The highest BCUT2D eigenvalue weighted by molar-refractivity contribution is 7.26. The maximum atomic E-state index is 7.24. The molecular formula is C51H29N3OS. The SMILES string of the molecule is c1ccc2c(c1)Oc1c(ccc3c4ccccc4n(-c4nc(-c5cccc6ccccc56)c5sc6ccccc6c5n4)c13)C21c2ccccc2-c2ccccc21. The number of rotatable bonds is 2. The molecule has 0 fully saturated rings. The second kappa shape index (κ2) is 11.0. The number of fused-ring (bicyclic) bond motifs is 17. The fraction of sp³-hybridized carbons (Fsp3) is 0.0196. The van der Waals surface area contributed by atoms with Crippen molar-refractivity contribution in [3.8, 4) is 39.8 Å². The monoisotopic (exact) mass is 731 g/mol. The smallest absolute Gasteiger partial charge is 0.236 e. The number of nitrogens with zero attached hydrogens (tertiary/aromatic N) is 3. The molecule has 4 heterocycles. The molecular weight excluding hydrogens is 703 g/mol. The number of ether oxygens (including phenoxy) is 1. The third kappa shape index (κ3) is 3.77. The highest BCUT2D eigenvalue weighted by Gasteiger charge is 2.51. The van der Waals surface area contributed by atoms with Crippen molar-refractivity contribution in [2.45, 2.75) is 5.41 Å². The van der Waals surface area contributed by atoms with E-state index >= 15 is 0 Å². The van der Waals surface area contributed by atoms with Crippen molar-refractivity contribution in [1.82, 2.24) is 14.5 Å². The van der Waals surface area contributed by atoms with Crippen LogP contribution in [0.25, 0.3) is 81.2 Å². The summed E-state index contributed by atoms with van der Waals surface area (Å²) >= 11 is 1.76. The van der Waals surface area contributed by atoms with Crippen LogP contribution in [0.15, 0.2) is 176 Å². The predicted octanol–water partition coefficient (Wildman–Crippen LogP) is 13.2. The van der Waals surface area contributed by atoms with Gasteiger partial charge in [0.1, 0.15) is 11.3 Å². The number of benzene rings is 8. The van der Waals surface area contributed by atoms with Crippen LogP contribution in [-0.4, -0.2) is 14.5 Å². The van der Waals surface area contributed by atoms with E-state index in [0.717, 1.165) is 71.3 Å². The molecule has 11 aromatic rings. The normalized spacial score (nSPS) is 13.6. The van der Waals surface area contributed by atoms with Gasteiger partial charge in [-0.2, -0.15) is 0 Å². The van der Waals surface area contributed by atoms with E-state index in [0.29, 0.717) is 5.95 Å². The van der Waals surface area contributed by atoms with Gasteiger partial charge in [-0.15, -0.1) is 11.3 Å². The van der Waals surface area contributed by atoms with Crippen molar-refractivity contribution in [3.63, 3.8) is 0 Å². The number of para-hydroxylation sites is 2. The van der Waals surface area contributed by atoms with Gasteiger partial charge in [0.25, 0.3) is 0 Å². The maximum absolute atomic E-state index is 7.24. The van der Waals surface area contributed by atoms with E-state index < -0.39 is 5.41 Å². The van der Waals surface area contributed by atoms with Gasteiger partial charge in [-0.05, 0) is 51.2 Å². The Labute approximate surface area is 325 Å². The number of thiophene rings is 1. The summed E-state index contributed by atoms with van der Waals surface area (Å²) in [6.45, 7) is 0. The highest BCUT2D eigenvalue weighted by Crippen LogP contribution is 2.63. The van der Waals surface area contributed by atoms with Crippen LogP contribution in [0.5, 0.6) is 11.5 Å². The van der Waals surface area contributed by atoms with Gasteiger partial charge in [0.05, 0.1) is 26.8 Å². The molecule has 0 saturated carbocycles. The third-order valence-electron chi connectivity index (χ3n) is 12.1. The molecule has 56 heavy (non-hydrogen) atoms. The van der Waals surface area contributed by atoms with E-state index in [9.17, 15) is 0 Å². The maximum Gasteiger partial charge on any atom is 0.236 e. The average Bonchev–Trinajstić information content (AvgIpc) is 3.90. The van der Waals surface area contributed by atoms with E-state index in [2.05, 4.69) is 180 Å². The van der Waals surface area contributed by atoms with Crippen LogP contribution < -0.4 is 4.74 Å². The average molecular weight is 732 g/mol. The van der Waals surface area contributed by atoms with E-state index in [-0.39, 0.29) is 0 Å². The first-order chi connectivity index (χ1) is 27.8. The zero-order chi connectivity index (χ0) is 36.5. The number of hydrogen-bond acceptors (Lipinski definition) is 4. The van der Waals surface area contributed by atoms with Gasteiger partial charge in [-0.25, -0.2) is 9.97 Å². The van der Waals surface area contributed by atoms with Crippen LogP contribution >= 0.6 is 11.3 Å². The highest BCUT2D eigenvalue weighted by atomic mass is 32.1. The first kappa shape index (κ1) is 30.3. The minimum Gasteiger partial charge on any atom is -0.454 e. The Morgan fingerprint density at radius 2 is 1.12 bits per heavy atom. The molecule has 2 aliphatic rings. The summed E-state index contributed by atoms with van der Waals surface area (Å²) in [5.41, 5.74) is 11.7. The molecule has 1 aliphatic carbocycles. The molecule has 0 N–H and O–H groups in total. The summed E-state index contributed by atoms with van der Waals surface area (Å²) in [6, 6.07) is 63.2. The summed E-state index contributed by atoms with van der Waals surface area (Å²) in [5.74, 6) is 2.30. The van der Waals surface area contributed by atoms with Crippen LogP contribution in [0.3, 0.4) is 0 Å². The Balaban J connectivity index is 1.20. The Bertz CT molecular complexity index is 3430. The minimum absolute atomic E-state index is 0.588. The lowest BCUT2D eigenvalue weighted by Gasteiger charge is -2.39. The largest absolute Gasteiger partial charge is 0.454 e. The van der Waals surface area contributed by atoms with E-state index in [1.807, 2.05) is 0 Å². The van der Waals surface area contributed by atoms with E-state index in [4.69, 9.17) is 14.7 Å². The molecule has 3 aromatic heterocycles. The van der Waals surface area contributed by atoms with Crippen LogP contribution in [0.2, 0.25) is 0 Å². The van der Waals surface area contributed by atoms with Gasteiger partial charge in [-0.1, -0.05) is 158 Å². The first-order valence-corrected chi connectivity index (χ1v) is 19.8. The second-order valence-electron chi connectivity index (χ2n) is 14.8. The molecule has 260 valence electrons. The van der Waals surface area contributed by atoms with E-state index in [1.165, 1.54) is 37.7 Å². The predicted molar refractivity (Wildman–Crippen MR) is 230 cm³/mol. The molecule has 0 atom stereocenters. The molecule has 0 amide bonds. The lowest BCUT2D eigenvalue weighted by atomic mass is 9.66. The van der Waals surface area contributed by atoms with Gasteiger partial charge in [0.15, 0.2) is 5.75 Å². The Morgan fingerprint density at radius 3 is 1.96 bits per heavy atom. The molecule has 5 heteroatoms. The molecule has 0 radical (unpaired) electrons. The van der Waals surface area contributed by atoms with Gasteiger partial charge >= 0.3 is 0 Å². The van der Waals surface area contributed by atoms with Gasteiger partial charge < -0.3 is 4.74 Å². The Hall–Kier alpha value is -7.08. The summed E-state index contributed by atoms with van der Waals surface area (Å²) in [4.78, 5) is 11.2. The molecule has 1 spiro atoms. The van der Waals surface area contributed by atoms with Crippen molar-refractivity contribution >= 4 is 64.2 Å². The van der Waals surface area contributed by atoms with Gasteiger partial charge in [0.2, 0.25) is 5.95 Å². The number of aromatic nitrogens is 3. The molecule has 0 saturated heterocycles. The zero-order valence-corrected chi connectivity index (χ0v) is 30.7. The summed E-state index contributed by atoms with van der Waals surface area (Å²) in [6.07, 6.45) is 0. The van der Waals surface area contributed by atoms with E-state index in [1.54, 1.807) is 11.3 Å². The molecule has 4 nitrogen and oxygen atoms in total. The van der Waals surface area contributed by atoms with Crippen molar-refractivity contribution in [1.29, 1.82) is 0 Å². The Kier molecular flexibility index (Phi) is 5.95. The third-order valence-corrected chi connectivity index (χ3v) is 13.3.